The van der Waals surface area contributed by atoms with Crippen LogP contribution < -0.4 is 10.5 Å². The fourth-order valence-electron chi connectivity index (χ4n) is 4.95. The number of fused-ring (bicyclic) bond motifs is 3. The molecule has 2 aromatic carbocycles. The van der Waals surface area contributed by atoms with Crippen LogP contribution in [0.3, 0.4) is 0 Å². The summed E-state index contributed by atoms with van der Waals surface area (Å²) in [7, 11) is 0. The van der Waals surface area contributed by atoms with Gasteiger partial charge in [0.1, 0.15) is 16.7 Å². The van der Waals surface area contributed by atoms with Gasteiger partial charge in [-0.15, -0.1) is 0 Å². The van der Waals surface area contributed by atoms with Gasteiger partial charge in [-0.1, -0.05) is 24.8 Å². The van der Waals surface area contributed by atoms with Crippen molar-refractivity contribution in [1.82, 2.24) is 4.98 Å². The summed E-state index contributed by atoms with van der Waals surface area (Å²) in [6.07, 6.45) is 4.00. The predicted molar refractivity (Wildman–Crippen MR) is 141 cm³/mol. The van der Waals surface area contributed by atoms with Crippen LogP contribution in [0, 0.1) is 0 Å². The molecule has 0 radical (unpaired) electrons. The fourth-order valence-corrected chi connectivity index (χ4v) is 4.95. The predicted octanol–water partition coefficient (Wildman–Crippen LogP) is 6.93. The van der Waals surface area contributed by atoms with Gasteiger partial charge in [0.2, 0.25) is 5.89 Å². The van der Waals surface area contributed by atoms with Crippen LogP contribution in [0.15, 0.2) is 74.5 Å². The Balaban J connectivity index is 1.55. The molecule has 6 nitrogen and oxygen atoms in total. The highest BCUT2D eigenvalue weighted by Crippen LogP contribution is 2.41. The first-order valence-corrected chi connectivity index (χ1v) is 12.0. The van der Waals surface area contributed by atoms with Gasteiger partial charge < -0.3 is 18.5 Å². The second-order valence-corrected chi connectivity index (χ2v) is 9.55. The molecule has 3 heterocycles. The van der Waals surface area contributed by atoms with E-state index < -0.39 is 5.63 Å². The van der Waals surface area contributed by atoms with Crippen molar-refractivity contribution in [3.63, 3.8) is 0 Å². The smallest absolute Gasteiger partial charge is 0.349 e. The number of ether oxygens (including phenoxy) is 1. The summed E-state index contributed by atoms with van der Waals surface area (Å²) in [6.45, 7) is 14.0. The van der Waals surface area contributed by atoms with Crippen LogP contribution in [-0.4, -0.2) is 23.7 Å². The second kappa shape index (κ2) is 8.77. The Bertz CT molecular complexity index is 1490. The molecule has 0 bridgehead atoms. The molecule has 0 unspecified atom stereocenters. The summed E-state index contributed by atoms with van der Waals surface area (Å²) >= 11 is 0. The number of oxazole rings is 1. The van der Waals surface area contributed by atoms with E-state index in [0.717, 1.165) is 41.8 Å². The average molecular weight is 471 g/mol. The van der Waals surface area contributed by atoms with Crippen molar-refractivity contribution < 1.29 is 13.6 Å². The largest absolute Gasteiger partial charge is 0.499 e. The van der Waals surface area contributed by atoms with E-state index in [1.54, 1.807) is 0 Å². The zero-order valence-electron chi connectivity index (χ0n) is 20.7. The Morgan fingerprint density at radius 3 is 2.66 bits per heavy atom. The molecule has 6 heteroatoms. The molecule has 0 amide bonds. The third kappa shape index (κ3) is 4.25. The fraction of sp³-hybridized carbons (Fsp3) is 0.310. The highest BCUT2D eigenvalue weighted by molar-refractivity contribution is 5.93. The third-order valence-corrected chi connectivity index (χ3v) is 6.54. The molecule has 4 aromatic rings. The Kier molecular flexibility index (Phi) is 5.75. The molecule has 2 aromatic heterocycles. The van der Waals surface area contributed by atoms with E-state index in [9.17, 15) is 4.79 Å². The molecule has 0 aliphatic carbocycles. The number of hydrogen-bond acceptors (Lipinski definition) is 6. The van der Waals surface area contributed by atoms with Crippen molar-refractivity contribution >= 4 is 33.3 Å². The van der Waals surface area contributed by atoms with Crippen molar-refractivity contribution in [2.75, 3.05) is 18.1 Å². The number of rotatable bonds is 7. The van der Waals surface area contributed by atoms with E-state index in [0.29, 0.717) is 28.9 Å². The van der Waals surface area contributed by atoms with Crippen LogP contribution in [0.2, 0.25) is 0 Å². The third-order valence-electron chi connectivity index (χ3n) is 6.54. The van der Waals surface area contributed by atoms with Gasteiger partial charge >= 0.3 is 5.63 Å². The standard InChI is InChI=1S/C29H30N2O4/c1-6-33-19(3)10-9-13-31-24-16-26-20(14-21(24)18(2)17-29(31,4)5)15-22(28(32)35-26)27-30-23-11-7-8-12-25(23)34-27/h7-8,11-12,14-17H,3,6,9-10,13H2,1-2,4-5H3. The number of allylic oxidation sites excluding steroid dienone is 2. The summed E-state index contributed by atoms with van der Waals surface area (Å²) in [4.78, 5) is 19.8. The van der Waals surface area contributed by atoms with Crippen LogP contribution in [0.25, 0.3) is 39.1 Å². The Hall–Kier alpha value is -3.80. The van der Waals surface area contributed by atoms with Crippen molar-refractivity contribution in [2.24, 2.45) is 0 Å². The van der Waals surface area contributed by atoms with E-state index in [-0.39, 0.29) is 11.4 Å². The Morgan fingerprint density at radius 2 is 1.89 bits per heavy atom. The summed E-state index contributed by atoms with van der Waals surface area (Å²) in [5.74, 6) is 1.08. The zero-order valence-corrected chi connectivity index (χ0v) is 20.7. The molecule has 1 aliphatic rings. The molecule has 1 aliphatic heterocycles. The lowest BCUT2D eigenvalue weighted by molar-refractivity contribution is 0.218. The minimum atomic E-state index is -0.467. The van der Waals surface area contributed by atoms with E-state index in [1.165, 1.54) is 5.57 Å². The van der Waals surface area contributed by atoms with Crippen LogP contribution in [-0.2, 0) is 4.74 Å². The maximum atomic E-state index is 12.9. The van der Waals surface area contributed by atoms with E-state index >= 15 is 0 Å². The molecular formula is C29H30N2O4. The molecular weight excluding hydrogens is 440 g/mol. The Labute approximate surface area is 204 Å². The van der Waals surface area contributed by atoms with E-state index in [4.69, 9.17) is 13.6 Å². The highest BCUT2D eigenvalue weighted by Gasteiger charge is 2.31. The van der Waals surface area contributed by atoms with Gasteiger partial charge in [-0.3, -0.25) is 0 Å². The molecule has 180 valence electrons. The van der Waals surface area contributed by atoms with Gasteiger partial charge in [-0.2, -0.15) is 0 Å². The van der Waals surface area contributed by atoms with Crippen LogP contribution in [0.4, 0.5) is 5.69 Å². The summed E-state index contributed by atoms with van der Waals surface area (Å²) in [5, 5.41) is 0.831. The monoisotopic (exact) mass is 470 g/mol. The summed E-state index contributed by atoms with van der Waals surface area (Å²) < 4.78 is 17.2. The lowest BCUT2D eigenvalue weighted by Gasteiger charge is -2.43. The van der Waals surface area contributed by atoms with Gasteiger partial charge in [0.05, 0.1) is 17.9 Å². The number of hydrogen-bond donors (Lipinski definition) is 0. The van der Waals surface area contributed by atoms with E-state index in [1.807, 2.05) is 43.3 Å². The van der Waals surface area contributed by atoms with Crippen LogP contribution in [0.5, 0.6) is 0 Å². The van der Waals surface area contributed by atoms with E-state index in [2.05, 4.69) is 49.4 Å². The van der Waals surface area contributed by atoms with Crippen molar-refractivity contribution in [3.05, 3.63) is 76.9 Å². The minimum Gasteiger partial charge on any atom is -0.499 e. The molecule has 0 saturated carbocycles. The topological polar surface area (TPSA) is 68.7 Å². The first-order valence-electron chi connectivity index (χ1n) is 12.0. The molecule has 0 N–H and O–H groups in total. The minimum absolute atomic E-state index is 0.184. The molecule has 5 rings (SSSR count). The van der Waals surface area contributed by atoms with Gasteiger partial charge in [0.15, 0.2) is 5.58 Å². The molecule has 0 atom stereocenters. The molecule has 0 spiro atoms. The maximum absolute atomic E-state index is 12.9. The number of para-hydroxylation sites is 2. The SMILES string of the molecule is C=C(CCCN1c2cc3oc(=O)c(-c4nc5ccccc5o4)cc3cc2C(C)=CC1(C)C)OCC. The quantitative estimate of drug-likeness (QED) is 0.215. The maximum Gasteiger partial charge on any atom is 0.349 e. The first kappa shape index (κ1) is 23.0. The number of benzene rings is 2. The summed E-state index contributed by atoms with van der Waals surface area (Å²) in [6, 6.07) is 13.3. The first-order chi connectivity index (χ1) is 16.8. The normalized spacial score (nSPS) is 14.7. The molecule has 0 saturated heterocycles. The van der Waals surface area contributed by atoms with Crippen molar-refractivity contribution in [2.45, 2.75) is 46.1 Å². The second-order valence-electron chi connectivity index (χ2n) is 9.55. The van der Waals surface area contributed by atoms with Gasteiger partial charge in [0.25, 0.3) is 0 Å². The van der Waals surface area contributed by atoms with Crippen LogP contribution >= 0.6 is 0 Å². The van der Waals surface area contributed by atoms with Crippen molar-refractivity contribution in [1.29, 1.82) is 0 Å². The lowest BCUT2D eigenvalue weighted by Crippen LogP contribution is -2.45. The number of anilines is 1. The highest BCUT2D eigenvalue weighted by atomic mass is 16.5. The van der Waals surface area contributed by atoms with Gasteiger partial charge in [-0.25, -0.2) is 9.78 Å². The van der Waals surface area contributed by atoms with Crippen LogP contribution in [0.1, 0.15) is 46.1 Å². The average Bonchev–Trinajstić information content (AvgIpc) is 3.24. The summed E-state index contributed by atoms with van der Waals surface area (Å²) in [5.41, 5.74) is 4.92. The van der Waals surface area contributed by atoms with Gasteiger partial charge in [-0.05, 0) is 64.0 Å². The Morgan fingerprint density at radius 1 is 1.11 bits per heavy atom. The van der Waals surface area contributed by atoms with Crippen molar-refractivity contribution in [3.8, 4) is 11.5 Å². The zero-order chi connectivity index (χ0) is 24.7. The lowest BCUT2D eigenvalue weighted by atomic mass is 9.87. The number of nitrogens with zero attached hydrogens (tertiary/aromatic N) is 2. The molecule has 0 fully saturated rings. The number of aromatic nitrogens is 1. The van der Waals surface area contributed by atoms with Gasteiger partial charge in [0, 0.05) is 35.7 Å². The molecule has 35 heavy (non-hydrogen) atoms.